The Morgan fingerprint density at radius 3 is 2.74 bits per heavy atom. The van der Waals surface area contributed by atoms with Crippen molar-refractivity contribution < 1.29 is 14.1 Å². The molecule has 1 saturated heterocycles. The first-order valence-corrected chi connectivity index (χ1v) is 9.00. The highest BCUT2D eigenvalue weighted by Crippen LogP contribution is 2.28. The molecule has 7 nitrogen and oxygen atoms in total. The van der Waals surface area contributed by atoms with Gasteiger partial charge in [0, 0.05) is 23.8 Å². The first-order chi connectivity index (χ1) is 12.4. The largest absolute Gasteiger partial charge is 0.381 e. The fourth-order valence-corrected chi connectivity index (χ4v) is 3.13. The molecule has 0 saturated carbocycles. The van der Waals surface area contributed by atoms with Crippen molar-refractivity contribution in [3.05, 3.63) is 46.6 Å². The fourth-order valence-electron chi connectivity index (χ4n) is 2.94. The van der Waals surface area contributed by atoms with E-state index in [1.54, 1.807) is 24.3 Å². The molecule has 1 aromatic heterocycles. The van der Waals surface area contributed by atoms with Gasteiger partial charge in [-0.1, -0.05) is 22.8 Å². The number of nitrogens with two attached hydrogens (primary N) is 1. The van der Waals surface area contributed by atoms with Crippen LogP contribution in [0.1, 0.15) is 54.8 Å². The second kappa shape index (κ2) is 9.01. The van der Waals surface area contributed by atoms with Crippen LogP contribution in [0.5, 0.6) is 0 Å². The Labute approximate surface area is 169 Å². The van der Waals surface area contributed by atoms with Crippen LogP contribution in [0, 0.1) is 5.92 Å². The second-order valence-corrected chi connectivity index (χ2v) is 7.46. The number of carbonyl (C=O) groups is 1. The maximum absolute atomic E-state index is 12.5. The zero-order chi connectivity index (χ0) is 18.7. The van der Waals surface area contributed by atoms with E-state index in [0.717, 1.165) is 12.8 Å². The molecule has 2 heterocycles. The third-order valence-corrected chi connectivity index (χ3v) is 4.81. The number of amides is 1. The van der Waals surface area contributed by atoms with Crippen LogP contribution in [0.4, 0.5) is 0 Å². The predicted octanol–water partition coefficient (Wildman–Crippen LogP) is 3.24. The average Bonchev–Trinajstić information content (AvgIpc) is 3.12. The van der Waals surface area contributed by atoms with Gasteiger partial charge >= 0.3 is 0 Å². The molecule has 3 N–H and O–H groups in total. The van der Waals surface area contributed by atoms with Crippen molar-refractivity contribution in [2.75, 3.05) is 13.2 Å². The minimum absolute atomic E-state index is 0. The van der Waals surface area contributed by atoms with E-state index in [-0.39, 0.29) is 30.3 Å². The van der Waals surface area contributed by atoms with Crippen LogP contribution in [0.15, 0.2) is 28.8 Å². The Kier molecular flexibility index (Phi) is 7.22. The summed E-state index contributed by atoms with van der Waals surface area (Å²) in [5, 5.41) is 7.43. The number of hydrogen-bond donors (Lipinski definition) is 2. The van der Waals surface area contributed by atoms with Crippen LogP contribution in [0.3, 0.4) is 0 Å². The summed E-state index contributed by atoms with van der Waals surface area (Å²) in [7, 11) is 0. The lowest BCUT2D eigenvalue weighted by Gasteiger charge is -2.25. The van der Waals surface area contributed by atoms with Gasteiger partial charge in [-0.2, -0.15) is 4.98 Å². The van der Waals surface area contributed by atoms with Gasteiger partial charge in [0.15, 0.2) is 5.82 Å². The Morgan fingerprint density at radius 2 is 2.07 bits per heavy atom. The van der Waals surface area contributed by atoms with Crippen molar-refractivity contribution in [1.82, 2.24) is 15.5 Å². The maximum atomic E-state index is 12.5. The molecule has 1 aromatic carbocycles. The number of nitrogens with zero attached hydrogens (tertiary/aromatic N) is 2. The van der Waals surface area contributed by atoms with Crippen LogP contribution >= 0.6 is 24.0 Å². The van der Waals surface area contributed by atoms with Crippen molar-refractivity contribution in [2.24, 2.45) is 11.7 Å². The van der Waals surface area contributed by atoms with E-state index in [9.17, 15) is 4.79 Å². The summed E-state index contributed by atoms with van der Waals surface area (Å²) >= 11 is 5.95. The summed E-state index contributed by atoms with van der Waals surface area (Å²) in [5.41, 5.74) is 5.92. The highest BCUT2D eigenvalue weighted by molar-refractivity contribution is 6.30. The minimum Gasteiger partial charge on any atom is -0.381 e. The van der Waals surface area contributed by atoms with Crippen LogP contribution < -0.4 is 11.1 Å². The normalized spacial score (nSPS) is 16.4. The monoisotopic (exact) mass is 414 g/mol. The highest BCUT2D eigenvalue weighted by Gasteiger charge is 2.32. The number of carbonyl (C=O) groups excluding carboxylic acids is 1. The number of rotatable bonds is 5. The number of halogens is 2. The molecule has 27 heavy (non-hydrogen) atoms. The lowest BCUT2D eigenvalue weighted by atomic mass is 9.92. The summed E-state index contributed by atoms with van der Waals surface area (Å²) in [5.74, 6) is 0.751. The third kappa shape index (κ3) is 5.19. The Morgan fingerprint density at radius 1 is 1.37 bits per heavy atom. The van der Waals surface area contributed by atoms with E-state index in [0.29, 0.717) is 35.5 Å². The van der Waals surface area contributed by atoms with Gasteiger partial charge in [-0.3, -0.25) is 4.79 Å². The van der Waals surface area contributed by atoms with Crippen LogP contribution in [0.2, 0.25) is 5.02 Å². The zero-order valence-electron chi connectivity index (χ0n) is 15.3. The molecule has 148 valence electrons. The average molecular weight is 415 g/mol. The van der Waals surface area contributed by atoms with Crippen LogP contribution in [0.25, 0.3) is 0 Å². The predicted molar refractivity (Wildman–Crippen MR) is 104 cm³/mol. The summed E-state index contributed by atoms with van der Waals surface area (Å²) in [6.45, 7) is 5.01. The summed E-state index contributed by atoms with van der Waals surface area (Å²) in [6.07, 6.45) is 1.74. The van der Waals surface area contributed by atoms with E-state index in [4.69, 9.17) is 26.6 Å². The van der Waals surface area contributed by atoms with Gasteiger partial charge in [0.25, 0.3) is 5.91 Å². The summed E-state index contributed by atoms with van der Waals surface area (Å²) in [6, 6.07) is 6.41. The van der Waals surface area contributed by atoms with Crippen molar-refractivity contribution in [2.45, 2.75) is 38.3 Å². The first-order valence-electron chi connectivity index (χ1n) is 8.62. The standard InChI is InChI=1S/C18H23ClN4O3.ClH/c1-18(2,22-15(24)12-4-3-5-13(19)10-12)17-21-16(26-23-17)14(20)11-6-8-25-9-7-11;/h3-5,10-11,14H,6-9,20H2,1-2H3,(H,22,24);1H. The zero-order valence-corrected chi connectivity index (χ0v) is 16.8. The topological polar surface area (TPSA) is 103 Å². The number of ether oxygens (including phenoxy) is 1. The second-order valence-electron chi connectivity index (χ2n) is 7.02. The van der Waals surface area contributed by atoms with E-state index in [1.807, 2.05) is 13.8 Å². The molecular weight excluding hydrogens is 391 g/mol. The number of hydrogen-bond acceptors (Lipinski definition) is 6. The van der Waals surface area contributed by atoms with Gasteiger partial charge in [0.2, 0.25) is 5.89 Å². The van der Waals surface area contributed by atoms with Crippen molar-refractivity contribution in [3.63, 3.8) is 0 Å². The summed E-state index contributed by atoms with van der Waals surface area (Å²) in [4.78, 5) is 16.9. The van der Waals surface area contributed by atoms with Gasteiger partial charge in [-0.25, -0.2) is 0 Å². The van der Waals surface area contributed by atoms with Crippen molar-refractivity contribution in [1.29, 1.82) is 0 Å². The number of aromatic nitrogens is 2. The van der Waals surface area contributed by atoms with Crippen LogP contribution in [-0.2, 0) is 10.3 Å². The van der Waals surface area contributed by atoms with E-state index in [1.165, 1.54) is 0 Å². The molecule has 9 heteroatoms. The number of benzene rings is 1. The van der Waals surface area contributed by atoms with E-state index in [2.05, 4.69) is 15.5 Å². The molecular formula is C18H24Cl2N4O3. The molecule has 0 spiro atoms. The molecule has 1 aliphatic heterocycles. The Hall–Kier alpha value is -1.67. The molecule has 0 bridgehead atoms. The molecule has 1 unspecified atom stereocenters. The first kappa shape index (κ1) is 21.6. The minimum atomic E-state index is -0.823. The molecule has 1 amide bonds. The van der Waals surface area contributed by atoms with Gasteiger partial charge < -0.3 is 20.3 Å². The third-order valence-electron chi connectivity index (χ3n) is 4.57. The molecule has 0 aliphatic carbocycles. The van der Waals surface area contributed by atoms with Crippen molar-refractivity contribution in [3.8, 4) is 0 Å². The SMILES string of the molecule is CC(C)(NC(=O)c1cccc(Cl)c1)c1noc(C(N)C2CCOCC2)n1.Cl. The lowest BCUT2D eigenvalue weighted by molar-refractivity contribution is 0.0546. The van der Waals surface area contributed by atoms with Gasteiger partial charge in [-0.15, -0.1) is 12.4 Å². The summed E-state index contributed by atoms with van der Waals surface area (Å²) < 4.78 is 10.7. The van der Waals surface area contributed by atoms with E-state index < -0.39 is 5.54 Å². The highest BCUT2D eigenvalue weighted by atomic mass is 35.5. The van der Waals surface area contributed by atoms with Crippen molar-refractivity contribution >= 4 is 29.9 Å². The molecule has 1 fully saturated rings. The Balaban J connectivity index is 0.00000261. The van der Waals surface area contributed by atoms with Crippen LogP contribution in [-0.4, -0.2) is 29.3 Å². The lowest BCUT2D eigenvalue weighted by Crippen LogP contribution is -2.42. The molecule has 3 rings (SSSR count). The smallest absolute Gasteiger partial charge is 0.252 e. The van der Waals surface area contributed by atoms with E-state index >= 15 is 0 Å². The fraction of sp³-hybridized carbons (Fsp3) is 0.500. The Bertz CT molecular complexity index is 775. The van der Waals surface area contributed by atoms with Gasteiger partial charge in [0.05, 0.1) is 11.6 Å². The number of nitrogens with one attached hydrogen (secondary N) is 1. The molecule has 1 aliphatic rings. The maximum Gasteiger partial charge on any atom is 0.252 e. The van der Waals surface area contributed by atoms with Gasteiger partial charge in [0.1, 0.15) is 0 Å². The van der Waals surface area contributed by atoms with Gasteiger partial charge in [-0.05, 0) is 50.8 Å². The quantitative estimate of drug-likeness (QED) is 0.777. The molecule has 1 atom stereocenters. The molecule has 0 radical (unpaired) electrons. The molecule has 2 aromatic rings.